The van der Waals surface area contributed by atoms with Gasteiger partial charge in [0, 0.05) is 0 Å². The van der Waals surface area contributed by atoms with Crippen molar-refractivity contribution in [3.8, 4) is 5.75 Å². The van der Waals surface area contributed by atoms with Gasteiger partial charge in [-0.1, -0.05) is 23.7 Å². The normalized spacial score (nSPS) is 15.9. The van der Waals surface area contributed by atoms with Crippen molar-refractivity contribution in [2.45, 2.75) is 12.8 Å². The van der Waals surface area contributed by atoms with Crippen molar-refractivity contribution in [2.75, 3.05) is 6.61 Å². The summed E-state index contributed by atoms with van der Waals surface area (Å²) in [6.07, 6.45) is 1.47. The molecule has 2 rings (SSSR count). The molecule has 76 valence electrons. The lowest BCUT2D eigenvalue weighted by Crippen LogP contribution is -2.36. The molecule has 1 nitrogen and oxygen atoms in total. The number of rotatable bonds is 1. The van der Waals surface area contributed by atoms with Gasteiger partial charge in [0.2, 0.25) is 0 Å². The summed E-state index contributed by atoms with van der Waals surface area (Å²) in [4.78, 5) is 0. The number of hydrogen-bond donors (Lipinski definition) is 0. The quantitative estimate of drug-likeness (QED) is 0.632. The molecule has 1 aromatic rings. The molecular weight excluding hydrogens is 192 g/mol. The molecule has 0 aliphatic carbocycles. The van der Waals surface area contributed by atoms with E-state index in [0.717, 1.165) is 12.5 Å². The van der Waals surface area contributed by atoms with Crippen LogP contribution >= 0.6 is 0 Å². The lowest BCUT2D eigenvalue weighted by Gasteiger charge is -2.25. The van der Waals surface area contributed by atoms with E-state index in [0.29, 0.717) is 18.6 Å². The minimum absolute atomic E-state index is 0.0475. The van der Waals surface area contributed by atoms with E-state index in [9.17, 15) is 12.9 Å². The Kier molecular flexibility index (Phi) is 2.17. The molecule has 1 aliphatic heterocycles. The Hall–Kier alpha value is -1.13. The number of halogens is 3. The second-order valence-corrected chi connectivity index (χ2v) is 3.36. The van der Waals surface area contributed by atoms with Crippen molar-refractivity contribution in [1.29, 1.82) is 0 Å². The fourth-order valence-corrected chi connectivity index (χ4v) is 1.67. The first-order valence-electron chi connectivity index (χ1n) is 4.53. The highest BCUT2D eigenvalue weighted by Crippen LogP contribution is 2.26. The van der Waals surface area contributed by atoms with Crippen LogP contribution in [-0.2, 0) is 6.42 Å². The lowest BCUT2D eigenvalue weighted by molar-refractivity contribution is 0.289. The largest absolute Gasteiger partial charge is 0.513 e. The highest BCUT2D eigenvalue weighted by Gasteiger charge is 2.30. The molecule has 0 saturated carbocycles. The van der Waals surface area contributed by atoms with E-state index in [-0.39, 0.29) is 5.75 Å². The maximum absolute atomic E-state index is 12.6. The molecule has 0 spiro atoms. The second kappa shape index (κ2) is 3.22. The third kappa shape index (κ3) is 1.58. The maximum Gasteiger partial charge on any atom is 0.513 e. The molecular formula is C9H9BF3O-. The summed E-state index contributed by atoms with van der Waals surface area (Å²) in [5, 5.41) is 0. The average molecular weight is 201 g/mol. The van der Waals surface area contributed by atoms with Gasteiger partial charge in [-0.05, 0) is 18.4 Å². The Balaban J connectivity index is 2.51. The van der Waals surface area contributed by atoms with Crippen molar-refractivity contribution in [3.05, 3.63) is 23.8 Å². The standard InChI is InChI=1S/C9H9BF3O/c11-10(12,13)8-5-1-3-7-4-2-6-14-9(7)8/h1,3,5H,2,4,6H2/q-1. The van der Waals surface area contributed by atoms with Crippen molar-refractivity contribution >= 4 is 12.4 Å². The van der Waals surface area contributed by atoms with Gasteiger partial charge in [0.15, 0.2) is 0 Å². The molecule has 1 aromatic carbocycles. The molecule has 0 saturated heterocycles. The number of para-hydroxylation sites is 1. The predicted octanol–water partition coefficient (Wildman–Crippen LogP) is 2.07. The van der Waals surface area contributed by atoms with Crippen molar-refractivity contribution in [3.63, 3.8) is 0 Å². The third-order valence-electron chi connectivity index (χ3n) is 2.32. The first kappa shape index (κ1) is 9.43. The van der Waals surface area contributed by atoms with Crippen LogP contribution in [0.4, 0.5) is 12.9 Å². The van der Waals surface area contributed by atoms with E-state index >= 15 is 0 Å². The summed E-state index contributed by atoms with van der Waals surface area (Å²) < 4.78 is 42.8. The summed E-state index contributed by atoms with van der Waals surface area (Å²) >= 11 is 0. The molecule has 0 unspecified atom stereocenters. The number of benzene rings is 1. The minimum atomic E-state index is -4.96. The Labute approximate surface area is 79.9 Å². The molecule has 1 heterocycles. The molecule has 0 radical (unpaired) electrons. The number of hydrogen-bond acceptors (Lipinski definition) is 1. The van der Waals surface area contributed by atoms with Gasteiger partial charge in [-0.2, -0.15) is 0 Å². The Morgan fingerprint density at radius 2 is 2.00 bits per heavy atom. The van der Waals surface area contributed by atoms with Crippen molar-refractivity contribution in [2.24, 2.45) is 0 Å². The van der Waals surface area contributed by atoms with Gasteiger partial charge in [0.1, 0.15) is 0 Å². The molecule has 1 aliphatic rings. The van der Waals surface area contributed by atoms with Crippen molar-refractivity contribution in [1.82, 2.24) is 0 Å². The topological polar surface area (TPSA) is 9.23 Å². The number of fused-ring (bicyclic) bond motifs is 1. The zero-order valence-electron chi connectivity index (χ0n) is 7.47. The first-order chi connectivity index (χ1) is 6.59. The third-order valence-corrected chi connectivity index (χ3v) is 2.32. The van der Waals surface area contributed by atoms with E-state index in [4.69, 9.17) is 4.74 Å². The van der Waals surface area contributed by atoms with Gasteiger partial charge in [-0.15, -0.1) is 0 Å². The van der Waals surface area contributed by atoms with Gasteiger partial charge in [0.25, 0.3) is 0 Å². The van der Waals surface area contributed by atoms with Gasteiger partial charge < -0.3 is 17.7 Å². The highest BCUT2D eigenvalue weighted by molar-refractivity contribution is 6.74. The highest BCUT2D eigenvalue weighted by atomic mass is 19.4. The summed E-state index contributed by atoms with van der Waals surface area (Å²) in [5.74, 6) is 0.0475. The Bertz CT molecular complexity index is 348. The van der Waals surface area contributed by atoms with Crippen LogP contribution in [0, 0.1) is 0 Å². The van der Waals surface area contributed by atoms with E-state index in [1.165, 1.54) is 6.07 Å². The molecule has 0 fully saturated rings. The molecule has 0 aromatic heterocycles. The van der Waals surface area contributed by atoms with Crippen LogP contribution in [-0.4, -0.2) is 13.6 Å². The fourth-order valence-electron chi connectivity index (χ4n) is 1.67. The van der Waals surface area contributed by atoms with Crippen LogP contribution in [0.3, 0.4) is 0 Å². The van der Waals surface area contributed by atoms with Gasteiger partial charge in [-0.25, -0.2) is 0 Å². The SMILES string of the molecule is F[B-](F)(F)c1cccc2c1OCCC2. The molecule has 0 atom stereocenters. The van der Waals surface area contributed by atoms with Gasteiger partial charge in [0.05, 0.1) is 12.4 Å². The molecule has 0 N–H and O–H groups in total. The van der Waals surface area contributed by atoms with Crippen LogP contribution in [0.15, 0.2) is 18.2 Å². The van der Waals surface area contributed by atoms with Crippen LogP contribution in [0.1, 0.15) is 12.0 Å². The zero-order chi connectivity index (χ0) is 10.2. The van der Waals surface area contributed by atoms with Gasteiger partial charge in [-0.3, -0.25) is 0 Å². The summed E-state index contributed by atoms with van der Waals surface area (Å²) in [6, 6.07) is 4.22. The van der Waals surface area contributed by atoms with Crippen LogP contribution < -0.4 is 10.2 Å². The summed E-state index contributed by atoms with van der Waals surface area (Å²) in [5.41, 5.74) is 0.0788. The molecule has 0 amide bonds. The number of aryl methyl sites for hydroxylation is 1. The number of ether oxygens (including phenoxy) is 1. The average Bonchev–Trinajstić information content (AvgIpc) is 2.15. The maximum atomic E-state index is 12.6. The Morgan fingerprint density at radius 3 is 2.71 bits per heavy atom. The van der Waals surface area contributed by atoms with E-state index in [1.54, 1.807) is 6.07 Å². The first-order valence-corrected chi connectivity index (χ1v) is 4.53. The van der Waals surface area contributed by atoms with Crippen molar-refractivity contribution < 1.29 is 17.7 Å². The minimum Gasteiger partial charge on any atom is -0.496 e. The Morgan fingerprint density at radius 1 is 1.21 bits per heavy atom. The lowest BCUT2D eigenvalue weighted by atomic mass is 9.77. The zero-order valence-corrected chi connectivity index (χ0v) is 7.47. The van der Waals surface area contributed by atoms with E-state index in [2.05, 4.69) is 0 Å². The van der Waals surface area contributed by atoms with Crippen LogP contribution in [0.25, 0.3) is 0 Å². The molecule has 0 bridgehead atoms. The second-order valence-electron chi connectivity index (χ2n) is 3.36. The van der Waals surface area contributed by atoms with Crippen LogP contribution in [0.2, 0.25) is 0 Å². The predicted molar refractivity (Wildman–Crippen MR) is 49.0 cm³/mol. The molecule has 14 heavy (non-hydrogen) atoms. The monoisotopic (exact) mass is 201 g/mol. The summed E-state index contributed by atoms with van der Waals surface area (Å²) in [7, 11) is 0. The van der Waals surface area contributed by atoms with Gasteiger partial charge >= 0.3 is 6.98 Å². The fraction of sp³-hybridized carbons (Fsp3) is 0.333. The van der Waals surface area contributed by atoms with Crippen LogP contribution in [0.5, 0.6) is 5.75 Å². The molecule has 5 heteroatoms. The smallest absolute Gasteiger partial charge is 0.496 e. The van der Waals surface area contributed by atoms with E-state index in [1.807, 2.05) is 0 Å². The summed E-state index contributed by atoms with van der Waals surface area (Å²) in [6.45, 7) is -4.57. The van der Waals surface area contributed by atoms with E-state index < -0.39 is 12.4 Å².